The van der Waals surface area contributed by atoms with Crippen molar-refractivity contribution in [3.05, 3.63) is 24.3 Å². The summed E-state index contributed by atoms with van der Waals surface area (Å²) in [4.78, 5) is 8.01. The van der Waals surface area contributed by atoms with Gasteiger partial charge in [-0.25, -0.2) is 4.98 Å². The Labute approximate surface area is 99.8 Å². The van der Waals surface area contributed by atoms with Gasteiger partial charge in [0.05, 0.1) is 11.0 Å². The second kappa shape index (κ2) is 4.50. The SMILES string of the molecule is c1ccc2[nH]c(SC3CCCCC3)nc2c1. The molecule has 1 aliphatic carbocycles. The van der Waals surface area contributed by atoms with Crippen molar-refractivity contribution >= 4 is 22.8 Å². The quantitative estimate of drug-likeness (QED) is 0.848. The van der Waals surface area contributed by atoms with Crippen LogP contribution in [0.15, 0.2) is 29.4 Å². The number of thioether (sulfide) groups is 1. The van der Waals surface area contributed by atoms with E-state index in [4.69, 9.17) is 0 Å². The zero-order valence-electron chi connectivity index (χ0n) is 9.28. The van der Waals surface area contributed by atoms with Crippen molar-refractivity contribution in [2.75, 3.05) is 0 Å². The molecule has 3 rings (SSSR count). The number of hydrogen-bond acceptors (Lipinski definition) is 2. The van der Waals surface area contributed by atoms with Crippen LogP contribution in [-0.4, -0.2) is 15.2 Å². The number of imidazole rings is 1. The Hall–Kier alpha value is -0.960. The van der Waals surface area contributed by atoms with Crippen LogP contribution >= 0.6 is 11.8 Å². The number of fused-ring (bicyclic) bond motifs is 1. The molecule has 0 amide bonds. The van der Waals surface area contributed by atoms with E-state index in [2.05, 4.69) is 28.2 Å². The van der Waals surface area contributed by atoms with Crippen molar-refractivity contribution < 1.29 is 0 Å². The van der Waals surface area contributed by atoms with Gasteiger partial charge >= 0.3 is 0 Å². The molecule has 0 spiro atoms. The van der Waals surface area contributed by atoms with Gasteiger partial charge in [0, 0.05) is 5.25 Å². The lowest BCUT2D eigenvalue weighted by Crippen LogP contribution is -2.07. The summed E-state index contributed by atoms with van der Waals surface area (Å²) < 4.78 is 0. The summed E-state index contributed by atoms with van der Waals surface area (Å²) in [6, 6.07) is 8.25. The van der Waals surface area contributed by atoms with Gasteiger partial charge in [-0.2, -0.15) is 0 Å². The maximum Gasteiger partial charge on any atom is 0.166 e. The van der Waals surface area contributed by atoms with Crippen LogP contribution in [0.3, 0.4) is 0 Å². The molecule has 0 radical (unpaired) electrons. The van der Waals surface area contributed by atoms with Gasteiger partial charge in [0.2, 0.25) is 0 Å². The summed E-state index contributed by atoms with van der Waals surface area (Å²) in [6.45, 7) is 0. The first-order valence-electron chi connectivity index (χ1n) is 6.03. The fourth-order valence-electron chi connectivity index (χ4n) is 2.33. The van der Waals surface area contributed by atoms with Crippen LogP contribution < -0.4 is 0 Å². The number of H-pyrrole nitrogens is 1. The highest BCUT2D eigenvalue weighted by Crippen LogP contribution is 2.32. The van der Waals surface area contributed by atoms with Gasteiger partial charge in [0.25, 0.3) is 0 Å². The largest absolute Gasteiger partial charge is 0.333 e. The highest BCUT2D eigenvalue weighted by Gasteiger charge is 2.16. The number of nitrogens with one attached hydrogen (secondary N) is 1. The molecule has 0 bridgehead atoms. The highest BCUT2D eigenvalue weighted by molar-refractivity contribution is 7.99. The number of hydrogen-bond donors (Lipinski definition) is 1. The first-order chi connectivity index (χ1) is 7.92. The lowest BCUT2D eigenvalue weighted by molar-refractivity contribution is 0.515. The number of nitrogens with zero attached hydrogens (tertiary/aromatic N) is 1. The van der Waals surface area contributed by atoms with E-state index in [0.717, 1.165) is 21.4 Å². The molecule has 0 atom stereocenters. The fourth-order valence-corrected chi connectivity index (χ4v) is 3.53. The van der Waals surface area contributed by atoms with Crippen molar-refractivity contribution in [2.45, 2.75) is 42.5 Å². The lowest BCUT2D eigenvalue weighted by atomic mass is 10.0. The molecule has 1 saturated carbocycles. The Morgan fingerprint density at radius 1 is 1.12 bits per heavy atom. The summed E-state index contributed by atoms with van der Waals surface area (Å²) in [5, 5.41) is 1.86. The third kappa shape index (κ3) is 2.09. The van der Waals surface area contributed by atoms with Gasteiger partial charge in [-0.1, -0.05) is 43.2 Å². The Kier molecular flexibility index (Phi) is 2.87. The second-order valence-corrected chi connectivity index (χ2v) is 5.73. The predicted octanol–water partition coefficient (Wildman–Crippen LogP) is 3.99. The number of rotatable bonds is 2. The first kappa shape index (κ1) is 10.2. The van der Waals surface area contributed by atoms with Gasteiger partial charge in [-0.05, 0) is 25.0 Å². The maximum absolute atomic E-state index is 4.61. The average molecular weight is 232 g/mol. The van der Waals surface area contributed by atoms with Gasteiger partial charge in [-0.3, -0.25) is 0 Å². The van der Waals surface area contributed by atoms with Crippen molar-refractivity contribution in [1.82, 2.24) is 9.97 Å². The normalized spacial score (nSPS) is 18.0. The molecule has 16 heavy (non-hydrogen) atoms. The molecule has 1 aromatic heterocycles. The van der Waals surface area contributed by atoms with Gasteiger partial charge in [0.15, 0.2) is 5.16 Å². The fraction of sp³-hybridized carbons (Fsp3) is 0.462. The van der Waals surface area contributed by atoms with Crippen LogP contribution in [0.25, 0.3) is 11.0 Å². The van der Waals surface area contributed by atoms with Crippen LogP contribution in [0.2, 0.25) is 0 Å². The molecule has 1 aliphatic rings. The zero-order valence-corrected chi connectivity index (χ0v) is 10.1. The van der Waals surface area contributed by atoms with Crippen molar-refractivity contribution in [1.29, 1.82) is 0 Å². The van der Waals surface area contributed by atoms with E-state index in [0.29, 0.717) is 0 Å². The lowest BCUT2D eigenvalue weighted by Gasteiger charge is -2.19. The summed E-state index contributed by atoms with van der Waals surface area (Å²) in [6.07, 6.45) is 6.89. The molecule has 1 aromatic carbocycles. The minimum absolute atomic E-state index is 0.773. The Morgan fingerprint density at radius 2 is 1.94 bits per heavy atom. The second-order valence-electron chi connectivity index (χ2n) is 4.44. The molecule has 0 saturated heterocycles. The van der Waals surface area contributed by atoms with E-state index in [1.807, 2.05) is 17.8 Å². The molecule has 2 nitrogen and oxygen atoms in total. The van der Waals surface area contributed by atoms with E-state index in [-0.39, 0.29) is 0 Å². The number of para-hydroxylation sites is 2. The third-order valence-corrected chi connectivity index (χ3v) is 4.42. The highest BCUT2D eigenvalue weighted by atomic mass is 32.2. The monoisotopic (exact) mass is 232 g/mol. The Balaban J connectivity index is 1.78. The van der Waals surface area contributed by atoms with E-state index in [1.54, 1.807) is 0 Å². The molecule has 1 heterocycles. The minimum Gasteiger partial charge on any atom is -0.333 e. The zero-order chi connectivity index (χ0) is 10.8. The first-order valence-corrected chi connectivity index (χ1v) is 6.91. The summed E-state index contributed by atoms with van der Waals surface area (Å²) in [5.41, 5.74) is 2.24. The number of aromatic amines is 1. The van der Waals surface area contributed by atoms with Crippen molar-refractivity contribution in [3.63, 3.8) is 0 Å². The average Bonchev–Trinajstić information content (AvgIpc) is 2.72. The van der Waals surface area contributed by atoms with E-state index in [1.165, 1.54) is 32.1 Å². The molecular formula is C13H16N2S. The van der Waals surface area contributed by atoms with Gasteiger partial charge in [-0.15, -0.1) is 0 Å². The van der Waals surface area contributed by atoms with Crippen LogP contribution in [0, 0.1) is 0 Å². The van der Waals surface area contributed by atoms with Gasteiger partial charge < -0.3 is 4.98 Å². The smallest absolute Gasteiger partial charge is 0.166 e. The number of benzene rings is 1. The van der Waals surface area contributed by atoms with E-state index >= 15 is 0 Å². The topological polar surface area (TPSA) is 28.7 Å². The van der Waals surface area contributed by atoms with Crippen molar-refractivity contribution in [2.24, 2.45) is 0 Å². The molecular weight excluding hydrogens is 216 g/mol. The predicted molar refractivity (Wildman–Crippen MR) is 68.8 cm³/mol. The summed E-state index contributed by atoms with van der Waals surface area (Å²) >= 11 is 1.92. The molecule has 3 heteroatoms. The molecule has 0 aliphatic heterocycles. The van der Waals surface area contributed by atoms with Crippen LogP contribution in [0.4, 0.5) is 0 Å². The molecule has 2 aromatic rings. The molecule has 84 valence electrons. The minimum atomic E-state index is 0.773. The maximum atomic E-state index is 4.61. The van der Waals surface area contributed by atoms with Crippen LogP contribution in [-0.2, 0) is 0 Å². The number of aromatic nitrogens is 2. The van der Waals surface area contributed by atoms with Gasteiger partial charge in [0.1, 0.15) is 0 Å². The third-order valence-electron chi connectivity index (χ3n) is 3.20. The Morgan fingerprint density at radius 3 is 2.75 bits per heavy atom. The van der Waals surface area contributed by atoms with Crippen molar-refractivity contribution in [3.8, 4) is 0 Å². The van der Waals surface area contributed by atoms with E-state index in [9.17, 15) is 0 Å². The Bertz CT molecular complexity index is 438. The summed E-state index contributed by atoms with van der Waals surface area (Å²) in [5.74, 6) is 0. The van der Waals surface area contributed by atoms with Crippen LogP contribution in [0.5, 0.6) is 0 Å². The molecule has 1 fully saturated rings. The molecule has 0 unspecified atom stereocenters. The standard InChI is InChI=1S/C13H16N2S/c1-2-6-10(7-3-1)16-13-14-11-8-4-5-9-12(11)15-13/h4-5,8-10H,1-3,6-7H2,(H,14,15). The van der Waals surface area contributed by atoms with E-state index < -0.39 is 0 Å². The van der Waals surface area contributed by atoms with Crippen LogP contribution in [0.1, 0.15) is 32.1 Å². The summed E-state index contributed by atoms with van der Waals surface area (Å²) in [7, 11) is 0. The molecule has 1 N–H and O–H groups in total.